The van der Waals surface area contributed by atoms with Gasteiger partial charge in [0, 0.05) is 26.3 Å². The van der Waals surface area contributed by atoms with Crippen LogP contribution in [0.5, 0.6) is 11.5 Å². The monoisotopic (exact) mass is 381 g/mol. The summed E-state index contributed by atoms with van der Waals surface area (Å²) in [5.74, 6) is 0.904. The quantitative estimate of drug-likeness (QED) is 0.610. The lowest BCUT2D eigenvalue weighted by atomic mass is 10.3. The lowest BCUT2D eigenvalue weighted by Crippen LogP contribution is -2.15. The molecule has 0 saturated carbocycles. The first-order valence-corrected chi connectivity index (χ1v) is 9.42. The molecule has 0 spiro atoms. The Labute approximate surface area is 153 Å². The highest BCUT2D eigenvalue weighted by Gasteiger charge is 2.20. The molecule has 26 heavy (non-hydrogen) atoms. The van der Waals surface area contributed by atoms with Crippen molar-refractivity contribution < 1.29 is 22.6 Å². The first kappa shape index (κ1) is 19.8. The fourth-order valence-electron chi connectivity index (χ4n) is 2.20. The number of anilines is 2. The van der Waals surface area contributed by atoms with Gasteiger partial charge in [0.25, 0.3) is 10.0 Å². The van der Waals surface area contributed by atoms with Crippen molar-refractivity contribution in [1.82, 2.24) is 4.98 Å². The number of hydrogen-bond donors (Lipinski definition) is 2. The number of pyridine rings is 1. The second kappa shape index (κ2) is 9.25. The summed E-state index contributed by atoms with van der Waals surface area (Å²) in [6.07, 6.45) is 2.43. The molecule has 0 atom stereocenters. The highest BCUT2D eigenvalue weighted by atomic mass is 32.2. The maximum absolute atomic E-state index is 12.6. The van der Waals surface area contributed by atoms with Crippen molar-refractivity contribution in [3.8, 4) is 11.5 Å². The summed E-state index contributed by atoms with van der Waals surface area (Å²) in [6.45, 7) is 1.41. The molecule has 0 saturated heterocycles. The van der Waals surface area contributed by atoms with Gasteiger partial charge in [-0.2, -0.15) is 0 Å². The van der Waals surface area contributed by atoms with Gasteiger partial charge in [-0.25, -0.2) is 13.4 Å². The number of sulfonamides is 1. The van der Waals surface area contributed by atoms with Gasteiger partial charge in [-0.3, -0.25) is 4.72 Å². The molecule has 142 valence electrons. The van der Waals surface area contributed by atoms with Crippen LogP contribution in [0.1, 0.15) is 6.42 Å². The molecule has 0 aliphatic rings. The molecule has 1 aromatic carbocycles. The van der Waals surface area contributed by atoms with Gasteiger partial charge in [0.15, 0.2) is 0 Å². The SMILES string of the molecule is COCCCNc1ccc(NS(=O)(=O)c2ccc(OC)cc2OC)nc1. The third-order valence-electron chi connectivity index (χ3n) is 3.52. The fraction of sp³-hybridized carbons (Fsp3) is 0.353. The van der Waals surface area contributed by atoms with Crippen LogP contribution >= 0.6 is 0 Å². The van der Waals surface area contributed by atoms with Crippen LogP contribution in [-0.4, -0.2) is 47.9 Å². The molecular weight excluding hydrogens is 358 g/mol. The van der Waals surface area contributed by atoms with E-state index in [1.54, 1.807) is 31.5 Å². The molecule has 2 rings (SSSR count). The number of ether oxygens (including phenoxy) is 3. The average Bonchev–Trinajstić information content (AvgIpc) is 2.65. The second-order valence-corrected chi connectivity index (χ2v) is 6.98. The van der Waals surface area contributed by atoms with Gasteiger partial charge >= 0.3 is 0 Å². The molecule has 0 fully saturated rings. The van der Waals surface area contributed by atoms with E-state index in [0.717, 1.165) is 18.7 Å². The Kier molecular flexibility index (Phi) is 7.05. The van der Waals surface area contributed by atoms with Gasteiger partial charge in [-0.15, -0.1) is 0 Å². The largest absolute Gasteiger partial charge is 0.497 e. The van der Waals surface area contributed by atoms with E-state index in [0.29, 0.717) is 12.4 Å². The number of hydrogen-bond acceptors (Lipinski definition) is 7. The minimum absolute atomic E-state index is 0.00404. The van der Waals surface area contributed by atoms with Crippen molar-refractivity contribution in [2.75, 3.05) is 44.5 Å². The zero-order chi connectivity index (χ0) is 19.0. The Morgan fingerprint density at radius 2 is 1.88 bits per heavy atom. The standard InChI is InChI=1S/C17H23N3O5S/c1-23-10-4-9-18-13-5-8-17(19-12-13)20-26(21,22)16-7-6-14(24-2)11-15(16)25-3/h5-8,11-12,18H,4,9-10H2,1-3H3,(H,19,20). The highest BCUT2D eigenvalue weighted by Crippen LogP contribution is 2.29. The van der Waals surface area contributed by atoms with E-state index in [2.05, 4.69) is 15.0 Å². The van der Waals surface area contributed by atoms with Crippen molar-refractivity contribution in [3.63, 3.8) is 0 Å². The molecule has 1 aromatic heterocycles. The summed E-state index contributed by atoms with van der Waals surface area (Å²) in [4.78, 5) is 4.13. The van der Waals surface area contributed by atoms with Crippen LogP contribution in [0.4, 0.5) is 11.5 Å². The fourth-order valence-corrected chi connectivity index (χ4v) is 3.36. The normalized spacial score (nSPS) is 11.0. The molecule has 0 aliphatic carbocycles. The van der Waals surface area contributed by atoms with Crippen LogP contribution in [0.3, 0.4) is 0 Å². The molecule has 0 aliphatic heterocycles. The molecule has 0 radical (unpaired) electrons. The van der Waals surface area contributed by atoms with Crippen LogP contribution in [0.25, 0.3) is 0 Å². The lowest BCUT2D eigenvalue weighted by Gasteiger charge is -2.12. The number of aromatic nitrogens is 1. The van der Waals surface area contributed by atoms with E-state index in [4.69, 9.17) is 14.2 Å². The van der Waals surface area contributed by atoms with Crippen LogP contribution in [0.2, 0.25) is 0 Å². The summed E-state index contributed by atoms with van der Waals surface area (Å²) in [5, 5.41) is 3.18. The highest BCUT2D eigenvalue weighted by molar-refractivity contribution is 7.92. The van der Waals surface area contributed by atoms with Gasteiger partial charge in [-0.1, -0.05) is 0 Å². The van der Waals surface area contributed by atoms with E-state index >= 15 is 0 Å². The summed E-state index contributed by atoms with van der Waals surface area (Å²) in [5.41, 5.74) is 0.797. The predicted molar refractivity (Wildman–Crippen MR) is 99.6 cm³/mol. The Balaban J connectivity index is 2.09. The summed E-state index contributed by atoms with van der Waals surface area (Å²) in [6, 6.07) is 7.83. The number of nitrogens with one attached hydrogen (secondary N) is 2. The van der Waals surface area contributed by atoms with Crippen LogP contribution in [-0.2, 0) is 14.8 Å². The zero-order valence-corrected chi connectivity index (χ0v) is 15.8. The van der Waals surface area contributed by atoms with E-state index < -0.39 is 10.0 Å². The predicted octanol–water partition coefficient (Wildman–Crippen LogP) is 2.35. The Morgan fingerprint density at radius 1 is 1.08 bits per heavy atom. The number of rotatable bonds is 10. The molecule has 1 heterocycles. The van der Waals surface area contributed by atoms with Crippen LogP contribution in [0.15, 0.2) is 41.4 Å². The second-order valence-electron chi connectivity index (χ2n) is 5.33. The molecule has 2 N–H and O–H groups in total. The molecule has 0 unspecified atom stereocenters. The van der Waals surface area contributed by atoms with Gasteiger partial charge < -0.3 is 19.5 Å². The molecule has 9 heteroatoms. The van der Waals surface area contributed by atoms with Crippen molar-refractivity contribution in [2.45, 2.75) is 11.3 Å². The van der Waals surface area contributed by atoms with E-state index in [1.165, 1.54) is 26.4 Å². The first-order chi connectivity index (χ1) is 12.5. The summed E-state index contributed by atoms with van der Waals surface area (Å²) >= 11 is 0. The molecular formula is C17H23N3O5S. The van der Waals surface area contributed by atoms with Crippen molar-refractivity contribution in [1.29, 1.82) is 0 Å². The van der Waals surface area contributed by atoms with Crippen LogP contribution in [0, 0.1) is 0 Å². The molecule has 2 aromatic rings. The van der Waals surface area contributed by atoms with Crippen molar-refractivity contribution in [2.24, 2.45) is 0 Å². The Morgan fingerprint density at radius 3 is 2.50 bits per heavy atom. The number of methoxy groups -OCH3 is 3. The Hall–Kier alpha value is -2.52. The maximum atomic E-state index is 12.6. The van der Waals surface area contributed by atoms with Gasteiger partial charge in [-0.05, 0) is 30.7 Å². The Bertz CT molecular complexity index is 810. The van der Waals surface area contributed by atoms with Crippen molar-refractivity contribution >= 4 is 21.5 Å². The number of nitrogens with zero attached hydrogens (tertiary/aromatic N) is 1. The smallest absolute Gasteiger partial charge is 0.266 e. The van der Waals surface area contributed by atoms with E-state index in [1.807, 2.05) is 0 Å². The first-order valence-electron chi connectivity index (χ1n) is 7.94. The maximum Gasteiger partial charge on any atom is 0.266 e. The lowest BCUT2D eigenvalue weighted by molar-refractivity contribution is 0.198. The topological polar surface area (TPSA) is 98.8 Å². The minimum atomic E-state index is -3.85. The third kappa shape index (κ3) is 5.24. The van der Waals surface area contributed by atoms with E-state index in [-0.39, 0.29) is 16.5 Å². The molecule has 0 amide bonds. The van der Waals surface area contributed by atoms with E-state index in [9.17, 15) is 8.42 Å². The number of benzene rings is 1. The molecule has 0 bridgehead atoms. The average molecular weight is 381 g/mol. The zero-order valence-electron chi connectivity index (χ0n) is 15.0. The van der Waals surface area contributed by atoms with Gasteiger partial charge in [0.2, 0.25) is 0 Å². The third-order valence-corrected chi connectivity index (χ3v) is 4.91. The molecule has 8 nitrogen and oxygen atoms in total. The van der Waals surface area contributed by atoms with Crippen LogP contribution < -0.4 is 19.5 Å². The van der Waals surface area contributed by atoms with Crippen molar-refractivity contribution in [3.05, 3.63) is 36.5 Å². The summed E-state index contributed by atoms with van der Waals surface area (Å²) in [7, 11) is 0.700. The minimum Gasteiger partial charge on any atom is -0.497 e. The van der Waals surface area contributed by atoms with Gasteiger partial charge in [0.05, 0.1) is 26.1 Å². The summed E-state index contributed by atoms with van der Waals surface area (Å²) < 4.78 is 42.9. The van der Waals surface area contributed by atoms with Gasteiger partial charge in [0.1, 0.15) is 22.2 Å².